The third-order valence-electron chi connectivity index (χ3n) is 13.0. The van der Waals surface area contributed by atoms with Gasteiger partial charge in [0.2, 0.25) is 0 Å². The quantitative estimate of drug-likeness (QED) is 0.463. The standard InChI is InChI=1S/C29H36O11/c1-22-7-8-26-24(3)15(10-17(30)35-5)23(2)13-27(24)28(34,20(23)32)21(33)29(26,40-25(4,38-26)39-27)16(22)11-18(31)37-19(22)14-6-9-36-12-14/h6,9,12,15-16,19-21,32-34H,7-8,10-11,13H2,1-5H3/t15-,16+,19-,20-,21+,22+,23+,24-,25?,26-,27?,28-,29+/m0/s1. The van der Waals surface area contributed by atoms with Crippen LogP contribution in [0.5, 0.6) is 0 Å². The van der Waals surface area contributed by atoms with E-state index in [1.54, 1.807) is 19.3 Å². The van der Waals surface area contributed by atoms with E-state index in [1.165, 1.54) is 13.4 Å². The number of hydrogen-bond acceptors (Lipinski definition) is 11. The largest absolute Gasteiger partial charge is 0.472 e. The van der Waals surface area contributed by atoms with E-state index >= 15 is 0 Å². The molecule has 2 unspecified atom stereocenters. The fraction of sp³-hybridized carbons (Fsp3) is 0.793. The Kier molecular flexibility index (Phi) is 4.36. The van der Waals surface area contributed by atoms with E-state index in [0.29, 0.717) is 18.4 Å². The van der Waals surface area contributed by atoms with E-state index in [0.717, 1.165) is 0 Å². The lowest BCUT2D eigenvalue weighted by Gasteiger charge is -2.76. The predicted molar refractivity (Wildman–Crippen MR) is 131 cm³/mol. The van der Waals surface area contributed by atoms with Crippen molar-refractivity contribution in [3.63, 3.8) is 0 Å². The summed E-state index contributed by atoms with van der Waals surface area (Å²) in [6, 6.07) is 1.75. The Balaban J connectivity index is 1.42. The van der Waals surface area contributed by atoms with Crippen LogP contribution in [0.4, 0.5) is 0 Å². The van der Waals surface area contributed by atoms with E-state index in [2.05, 4.69) is 0 Å². The summed E-state index contributed by atoms with van der Waals surface area (Å²) in [6.45, 7) is 7.41. The van der Waals surface area contributed by atoms with Crippen LogP contribution in [0, 0.1) is 28.1 Å². The van der Waals surface area contributed by atoms with Crippen molar-refractivity contribution in [3.8, 4) is 0 Å². The molecule has 1 aromatic heterocycles. The Morgan fingerprint density at radius 3 is 2.45 bits per heavy atom. The first-order chi connectivity index (χ1) is 18.7. The molecule has 11 heteroatoms. The molecule has 11 nitrogen and oxygen atoms in total. The van der Waals surface area contributed by atoms with Gasteiger partial charge in [-0.25, -0.2) is 0 Å². The zero-order valence-corrected chi connectivity index (χ0v) is 23.3. The number of aliphatic hydroxyl groups is 3. The van der Waals surface area contributed by atoms with Crippen LogP contribution in [-0.4, -0.2) is 75.0 Å². The molecule has 0 amide bonds. The molecule has 3 N–H and O–H groups in total. The maximum Gasteiger partial charge on any atom is 0.306 e. The molecule has 4 bridgehead atoms. The number of carbonyl (C=O) groups is 2. The molecule has 2 spiro atoms. The predicted octanol–water partition coefficient (Wildman–Crippen LogP) is 1.73. The molecule has 0 aromatic carbocycles. The zero-order valence-electron chi connectivity index (χ0n) is 23.3. The Morgan fingerprint density at radius 1 is 1.05 bits per heavy atom. The van der Waals surface area contributed by atoms with Gasteiger partial charge in [0.15, 0.2) is 0 Å². The molecule has 0 radical (unpaired) electrons. The molecule has 7 fully saturated rings. The third kappa shape index (κ3) is 2.12. The van der Waals surface area contributed by atoms with Gasteiger partial charge in [-0.2, -0.15) is 0 Å². The molecule has 1 aromatic rings. The lowest BCUT2D eigenvalue weighted by Crippen LogP contribution is -2.93. The smallest absolute Gasteiger partial charge is 0.306 e. The summed E-state index contributed by atoms with van der Waals surface area (Å²) in [7, 11) is 1.32. The monoisotopic (exact) mass is 560 g/mol. The zero-order chi connectivity index (χ0) is 28.5. The minimum atomic E-state index is -2.17. The van der Waals surface area contributed by atoms with Gasteiger partial charge in [0.1, 0.15) is 34.6 Å². The second-order valence-electron chi connectivity index (χ2n) is 14.2. The third-order valence-corrected chi connectivity index (χ3v) is 13.0. The van der Waals surface area contributed by atoms with Crippen LogP contribution in [0.3, 0.4) is 0 Å². The molecule has 8 rings (SSSR count). The van der Waals surface area contributed by atoms with Crippen molar-refractivity contribution in [2.24, 2.45) is 28.1 Å². The van der Waals surface area contributed by atoms with Crippen LogP contribution in [0.2, 0.25) is 0 Å². The first-order valence-corrected chi connectivity index (χ1v) is 14.1. The highest BCUT2D eigenvalue weighted by Gasteiger charge is 3.02. The maximum atomic E-state index is 13.3. The first-order valence-electron chi connectivity index (χ1n) is 14.1. The summed E-state index contributed by atoms with van der Waals surface area (Å²) in [5, 5.41) is 37.2. The van der Waals surface area contributed by atoms with E-state index < -0.39 is 86.7 Å². The Bertz CT molecular complexity index is 1350. The van der Waals surface area contributed by atoms with Gasteiger partial charge in [0.05, 0.1) is 32.2 Å². The SMILES string of the molecule is COC(=O)C[C@H]1[C@@]2(C)CC34OC5(C)O[C@]6([C@@H]7CC(=O)O[C@@H](c8ccoc8)[C@]7(C)CC[C@]6(O5)[C@]13C)[C@H](O)[C@@]4(O)[C@H]2O. The fourth-order valence-electron chi connectivity index (χ4n) is 11.7. The summed E-state index contributed by atoms with van der Waals surface area (Å²) in [5.74, 6) is -3.86. The number of cyclic esters (lactones) is 1. The molecule has 40 heavy (non-hydrogen) atoms. The summed E-state index contributed by atoms with van der Waals surface area (Å²) >= 11 is 0. The molecule has 13 atom stereocenters. The minimum absolute atomic E-state index is 0.0443. The summed E-state index contributed by atoms with van der Waals surface area (Å²) < 4.78 is 36.7. The van der Waals surface area contributed by atoms with Gasteiger partial charge in [0.25, 0.3) is 5.97 Å². The van der Waals surface area contributed by atoms with E-state index in [4.69, 9.17) is 28.1 Å². The van der Waals surface area contributed by atoms with Crippen LogP contribution in [0.15, 0.2) is 23.0 Å². The fourth-order valence-corrected chi connectivity index (χ4v) is 11.7. The number of rotatable bonds is 3. The van der Waals surface area contributed by atoms with Crippen molar-refractivity contribution in [2.45, 2.75) is 106 Å². The number of carbonyl (C=O) groups excluding carboxylic acids is 2. The Labute approximate surface area is 231 Å². The van der Waals surface area contributed by atoms with Gasteiger partial charge in [-0.1, -0.05) is 20.8 Å². The molecule has 3 saturated heterocycles. The lowest BCUT2D eigenvalue weighted by molar-refractivity contribution is -0.478. The van der Waals surface area contributed by atoms with Gasteiger partial charge < -0.3 is 43.4 Å². The van der Waals surface area contributed by atoms with Gasteiger partial charge in [-0.3, -0.25) is 9.59 Å². The van der Waals surface area contributed by atoms with Gasteiger partial charge in [-0.15, -0.1) is 0 Å². The number of methoxy groups -OCH3 is 1. The van der Waals surface area contributed by atoms with Crippen molar-refractivity contribution in [1.82, 2.24) is 0 Å². The Hall–Kier alpha value is -2.02. The topological polar surface area (TPSA) is 154 Å². The number of furan rings is 1. The van der Waals surface area contributed by atoms with Crippen molar-refractivity contribution < 1.29 is 53.0 Å². The van der Waals surface area contributed by atoms with Crippen LogP contribution in [0.1, 0.15) is 71.5 Å². The van der Waals surface area contributed by atoms with Gasteiger partial charge in [0, 0.05) is 41.1 Å². The number of esters is 2. The molecule has 3 aliphatic heterocycles. The van der Waals surface area contributed by atoms with Crippen LogP contribution in [-0.2, 0) is 33.3 Å². The van der Waals surface area contributed by atoms with Crippen molar-refractivity contribution in [1.29, 1.82) is 0 Å². The number of fused-ring (bicyclic) bond motifs is 3. The molecule has 218 valence electrons. The molecule has 4 saturated carbocycles. The Morgan fingerprint density at radius 2 is 1.77 bits per heavy atom. The van der Waals surface area contributed by atoms with E-state index in [-0.39, 0.29) is 19.3 Å². The van der Waals surface area contributed by atoms with E-state index in [1.807, 2.05) is 20.8 Å². The van der Waals surface area contributed by atoms with Crippen molar-refractivity contribution >= 4 is 11.9 Å². The lowest BCUT2D eigenvalue weighted by atomic mass is 9.33. The van der Waals surface area contributed by atoms with E-state index in [9.17, 15) is 24.9 Å². The highest BCUT2D eigenvalue weighted by Crippen LogP contribution is 2.89. The highest BCUT2D eigenvalue weighted by atomic mass is 16.9. The maximum absolute atomic E-state index is 13.3. The number of hydrogen-bond donors (Lipinski definition) is 3. The molecule has 4 heterocycles. The minimum Gasteiger partial charge on any atom is -0.472 e. The summed E-state index contributed by atoms with van der Waals surface area (Å²) in [5.41, 5.74) is -8.80. The highest BCUT2D eigenvalue weighted by molar-refractivity contribution is 5.73. The number of ether oxygens (including phenoxy) is 5. The average Bonchev–Trinajstić information content (AvgIpc) is 3.59. The first kappa shape index (κ1) is 25.7. The van der Waals surface area contributed by atoms with Crippen LogP contribution in [0.25, 0.3) is 0 Å². The molecular weight excluding hydrogens is 524 g/mol. The van der Waals surface area contributed by atoms with Crippen molar-refractivity contribution in [2.75, 3.05) is 7.11 Å². The van der Waals surface area contributed by atoms with Gasteiger partial charge in [-0.05, 0) is 31.2 Å². The molecule has 4 aliphatic carbocycles. The number of aliphatic hydroxyl groups excluding tert-OH is 2. The van der Waals surface area contributed by atoms with Crippen LogP contribution >= 0.6 is 0 Å². The van der Waals surface area contributed by atoms with Crippen molar-refractivity contribution in [3.05, 3.63) is 24.2 Å². The molecular formula is C29H36O11. The second-order valence-corrected chi connectivity index (χ2v) is 14.2. The van der Waals surface area contributed by atoms with Gasteiger partial charge >= 0.3 is 11.9 Å². The average molecular weight is 561 g/mol. The summed E-state index contributed by atoms with van der Waals surface area (Å²) in [4.78, 5) is 26.2. The normalized spacial score (nSPS) is 60.3. The summed E-state index contributed by atoms with van der Waals surface area (Å²) in [6.07, 6.45) is 0.190. The second kappa shape index (κ2) is 6.79. The molecule has 7 aliphatic rings. The van der Waals surface area contributed by atoms with Crippen LogP contribution < -0.4 is 0 Å².